The number of benzene rings is 1. The summed E-state index contributed by atoms with van der Waals surface area (Å²) in [7, 11) is 0. The van der Waals surface area contributed by atoms with E-state index in [1.54, 1.807) is 0 Å². The summed E-state index contributed by atoms with van der Waals surface area (Å²) in [6, 6.07) is 3.34. The van der Waals surface area contributed by atoms with Crippen molar-refractivity contribution in [3.8, 4) is 5.75 Å². The van der Waals surface area contributed by atoms with Crippen molar-refractivity contribution in [1.29, 1.82) is 0 Å². The van der Waals surface area contributed by atoms with E-state index in [-0.39, 0.29) is 23.4 Å². The first-order chi connectivity index (χ1) is 10.5. The molecule has 0 aliphatic rings. The molecule has 22 heavy (non-hydrogen) atoms. The second-order valence-corrected chi connectivity index (χ2v) is 5.22. The van der Waals surface area contributed by atoms with E-state index in [4.69, 9.17) is 16.3 Å². The van der Waals surface area contributed by atoms with E-state index in [1.807, 2.05) is 0 Å². The molecule has 0 aromatic heterocycles. The summed E-state index contributed by atoms with van der Waals surface area (Å²) in [4.78, 5) is 20.4. The molecule has 0 heterocycles. The molecule has 0 N–H and O–H groups in total. The zero-order chi connectivity index (χ0) is 16.5. The lowest BCUT2D eigenvalue weighted by Crippen LogP contribution is -2.19. The second kappa shape index (κ2) is 9.19. The topological polar surface area (TPSA) is 95.5 Å². The molecule has 1 aromatic carbocycles. The molecule has 0 amide bonds. The fourth-order valence-corrected chi connectivity index (χ4v) is 2.22. The van der Waals surface area contributed by atoms with E-state index < -0.39 is 15.5 Å². The number of rotatable bonds is 10. The Labute approximate surface area is 133 Å². The minimum absolute atomic E-state index is 0.0109. The Hall–Kier alpha value is -1.89. The average molecular weight is 331 g/mol. The molecule has 0 spiro atoms. The summed E-state index contributed by atoms with van der Waals surface area (Å²) < 4.78 is 5.57. The first-order valence-corrected chi connectivity index (χ1v) is 7.68. The first-order valence-electron chi connectivity index (χ1n) is 7.15. The standard InChI is InChI=1S/C14H19ClN2O5/c1-2-3-4-5-6-12(10-15)22-14-8-7-11(16(18)19)9-13(14)17(20)21/h7-9,12H,2-6,10H2,1H3. The highest BCUT2D eigenvalue weighted by Crippen LogP contribution is 2.32. The molecule has 7 nitrogen and oxygen atoms in total. The molecule has 0 saturated carbocycles. The average Bonchev–Trinajstić information content (AvgIpc) is 2.50. The fourth-order valence-electron chi connectivity index (χ4n) is 2.01. The Morgan fingerprint density at radius 1 is 1.18 bits per heavy atom. The largest absolute Gasteiger partial charge is 0.482 e. The molecule has 0 bridgehead atoms. The van der Waals surface area contributed by atoms with Crippen LogP contribution in [0.2, 0.25) is 0 Å². The van der Waals surface area contributed by atoms with Gasteiger partial charge in [-0.25, -0.2) is 0 Å². The molecule has 1 aromatic rings. The van der Waals surface area contributed by atoms with Crippen LogP contribution in [0.25, 0.3) is 0 Å². The predicted molar refractivity (Wildman–Crippen MR) is 83.6 cm³/mol. The summed E-state index contributed by atoms with van der Waals surface area (Å²) in [5.74, 6) is 0.219. The summed E-state index contributed by atoms with van der Waals surface area (Å²) in [5.41, 5.74) is -0.762. The summed E-state index contributed by atoms with van der Waals surface area (Å²) in [5, 5.41) is 21.7. The normalized spacial score (nSPS) is 11.9. The maximum absolute atomic E-state index is 11.0. The lowest BCUT2D eigenvalue weighted by atomic mass is 10.1. The zero-order valence-corrected chi connectivity index (χ0v) is 13.1. The highest BCUT2D eigenvalue weighted by molar-refractivity contribution is 6.18. The number of unbranched alkanes of at least 4 members (excludes halogenated alkanes) is 3. The molecular formula is C14H19ClN2O5. The lowest BCUT2D eigenvalue weighted by Gasteiger charge is -2.16. The van der Waals surface area contributed by atoms with Crippen LogP contribution in [0.15, 0.2) is 18.2 Å². The van der Waals surface area contributed by atoms with Crippen molar-refractivity contribution >= 4 is 23.0 Å². The number of halogens is 1. The van der Waals surface area contributed by atoms with Gasteiger partial charge in [-0.05, 0) is 18.9 Å². The summed E-state index contributed by atoms with van der Waals surface area (Å²) in [6.45, 7) is 2.11. The molecule has 0 saturated heterocycles. The number of hydrogen-bond acceptors (Lipinski definition) is 5. The van der Waals surface area contributed by atoms with Gasteiger partial charge in [0.2, 0.25) is 0 Å². The number of hydrogen-bond donors (Lipinski definition) is 0. The first kappa shape index (κ1) is 18.2. The van der Waals surface area contributed by atoms with Crippen LogP contribution in [-0.4, -0.2) is 21.8 Å². The molecule has 0 aliphatic heterocycles. The number of nitro groups is 2. The van der Waals surface area contributed by atoms with Crippen molar-refractivity contribution < 1.29 is 14.6 Å². The fraction of sp³-hybridized carbons (Fsp3) is 0.571. The minimum Gasteiger partial charge on any atom is -0.482 e. The van der Waals surface area contributed by atoms with Crippen LogP contribution in [0.5, 0.6) is 5.75 Å². The van der Waals surface area contributed by atoms with E-state index >= 15 is 0 Å². The van der Waals surface area contributed by atoms with Crippen molar-refractivity contribution in [2.75, 3.05) is 5.88 Å². The molecular weight excluding hydrogens is 312 g/mol. The number of alkyl halides is 1. The maximum atomic E-state index is 11.0. The third-order valence-electron chi connectivity index (χ3n) is 3.20. The Bertz CT molecular complexity index is 524. The number of nitrogens with zero attached hydrogens (tertiary/aromatic N) is 2. The van der Waals surface area contributed by atoms with Crippen molar-refractivity contribution in [2.24, 2.45) is 0 Å². The van der Waals surface area contributed by atoms with Crippen molar-refractivity contribution in [3.05, 3.63) is 38.4 Å². The Kier molecular flexibility index (Phi) is 7.59. The van der Waals surface area contributed by atoms with Gasteiger partial charge < -0.3 is 4.74 Å². The van der Waals surface area contributed by atoms with Gasteiger partial charge in [0.15, 0.2) is 5.75 Å². The molecule has 122 valence electrons. The quantitative estimate of drug-likeness (QED) is 0.273. The lowest BCUT2D eigenvalue weighted by molar-refractivity contribution is -0.394. The van der Waals surface area contributed by atoms with Crippen LogP contribution in [0.1, 0.15) is 39.0 Å². The smallest absolute Gasteiger partial charge is 0.317 e. The summed E-state index contributed by atoms with van der Waals surface area (Å²) >= 11 is 5.84. The van der Waals surface area contributed by atoms with E-state index in [0.717, 1.165) is 31.7 Å². The van der Waals surface area contributed by atoms with E-state index in [1.165, 1.54) is 12.1 Å². The van der Waals surface area contributed by atoms with Gasteiger partial charge in [-0.1, -0.05) is 26.2 Å². The Morgan fingerprint density at radius 3 is 2.45 bits per heavy atom. The van der Waals surface area contributed by atoms with Crippen LogP contribution in [-0.2, 0) is 0 Å². The molecule has 8 heteroatoms. The zero-order valence-electron chi connectivity index (χ0n) is 12.4. The monoisotopic (exact) mass is 330 g/mol. The highest BCUT2D eigenvalue weighted by atomic mass is 35.5. The van der Waals surface area contributed by atoms with Crippen LogP contribution in [0, 0.1) is 20.2 Å². The third-order valence-corrected chi connectivity index (χ3v) is 3.54. The molecule has 1 unspecified atom stereocenters. The van der Waals surface area contributed by atoms with Gasteiger partial charge in [0.05, 0.1) is 21.8 Å². The van der Waals surface area contributed by atoms with E-state index in [9.17, 15) is 20.2 Å². The van der Waals surface area contributed by atoms with Gasteiger partial charge in [0.25, 0.3) is 5.69 Å². The van der Waals surface area contributed by atoms with Crippen molar-refractivity contribution in [2.45, 2.75) is 45.1 Å². The molecule has 0 fully saturated rings. The minimum atomic E-state index is -0.690. The van der Waals surface area contributed by atoms with Gasteiger partial charge in [0, 0.05) is 6.07 Å². The van der Waals surface area contributed by atoms with Gasteiger partial charge in [-0.15, -0.1) is 11.6 Å². The molecule has 1 atom stereocenters. The molecule has 0 radical (unpaired) electrons. The van der Waals surface area contributed by atoms with Crippen LogP contribution in [0.3, 0.4) is 0 Å². The SMILES string of the molecule is CCCCCCC(CCl)Oc1ccc([N+](=O)[O-])cc1[N+](=O)[O-]. The van der Waals surface area contributed by atoms with Crippen LogP contribution in [0.4, 0.5) is 11.4 Å². The predicted octanol–water partition coefficient (Wildman–Crippen LogP) is 4.46. The number of ether oxygens (including phenoxy) is 1. The van der Waals surface area contributed by atoms with Crippen LogP contribution >= 0.6 is 11.6 Å². The van der Waals surface area contributed by atoms with E-state index in [2.05, 4.69) is 6.92 Å². The second-order valence-electron chi connectivity index (χ2n) is 4.91. The summed E-state index contributed by atoms with van der Waals surface area (Å²) in [6.07, 6.45) is 4.55. The van der Waals surface area contributed by atoms with Crippen LogP contribution < -0.4 is 4.74 Å². The number of nitro benzene ring substituents is 2. The Balaban J connectivity index is 2.81. The maximum Gasteiger partial charge on any atom is 0.317 e. The van der Waals surface area contributed by atoms with Crippen molar-refractivity contribution in [3.63, 3.8) is 0 Å². The highest BCUT2D eigenvalue weighted by Gasteiger charge is 2.22. The van der Waals surface area contributed by atoms with Crippen molar-refractivity contribution in [1.82, 2.24) is 0 Å². The molecule has 0 aliphatic carbocycles. The van der Waals surface area contributed by atoms with Gasteiger partial charge in [-0.3, -0.25) is 20.2 Å². The number of non-ortho nitro benzene ring substituents is 1. The third kappa shape index (κ3) is 5.48. The van der Waals surface area contributed by atoms with Gasteiger partial charge in [0.1, 0.15) is 6.10 Å². The molecule has 1 rings (SSSR count). The van der Waals surface area contributed by atoms with E-state index in [0.29, 0.717) is 6.42 Å². The Morgan fingerprint density at radius 2 is 1.91 bits per heavy atom. The van der Waals surface area contributed by atoms with Gasteiger partial charge >= 0.3 is 5.69 Å². The van der Waals surface area contributed by atoms with Gasteiger partial charge in [-0.2, -0.15) is 0 Å².